The molecule has 0 saturated carbocycles. The topological polar surface area (TPSA) is 120 Å². The molecule has 0 bridgehead atoms. The lowest BCUT2D eigenvalue weighted by atomic mass is 9.77. The molecule has 2 aliphatic heterocycles. The Labute approximate surface area is 177 Å². The lowest BCUT2D eigenvalue weighted by Crippen LogP contribution is -2.32. The van der Waals surface area contributed by atoms with Crippen LogP contribution in [0.2, 0.25) is 0 Å². The highest BCUT2D eigenvalue weighted by Crippen LogP contribution is 2.56. The van der Waals surface area contributed by atoms with E-state index in [2.05, 4.69) is 12.2 Å². The van der Waals surface area contributed by atoms with Crippen LogP contribution in [-0.4, -0.2) is 33.6 Å². The molecule has 0 amide bonds. The second-order valence-corrected chi connectivity index (χ2v) is 6.39. The van der Waals surface area contributed by atoms with Crippen LogP contribution >= 0.6 is 12.2 Å². The largest absolute Gasteiger partial charge is 0.508 e. The Morgan fingerprint density at radius 1 is 0.900 bits per heavy atom. The highest BCUT2D eigenvalue weighted by molar-refractivity contribution is 7.78. The maximum Gasteiger partial charge on any atom is 0.340 e. The van der Waals surface area contributed by atoms with Crippen molar-refractivity contribution >= 4 is 23.3 Å². The maximum absolute atomic E-state index is 12.5. The minimum Gasteiger partial charge on any atom is -0.508 e. The quantitative estimate of drug-likeness (QED) is 0.246. The van der Waals surface area contributed by atoms with Gasteiger partial charge in [-0.05, 0) is 42.5 Å². The van der Waals surface area contributed by atoms with E-state index in [-0.39, 0.29) is 11.5 Å². The van der Waals surface area contributed by atoms with Gasteiger partial charge in [0.2, 0.25) is 0 Å². The van der Waals surface area contributed by atoms with Crippen LogP contribution in [0.15, 0.2) is 60.7 Å². The molecule has 0 aliphatic carbocycles. The standard InChI is InChI=1S/C20H12O5.CHNS.CH4O/c21-11-5-7-15-17(9-11)24-18-10-12(22)6-8-16(18)20(15)14-4-2-1-3-13(14)19(23)25-20;2-1-3;1-2/h1-10,21-22H;2H;2H,1H3. The van der Waals surface area contributed by atoms with Gasteiger partial charge < -0.3 is 24.8 Å². The second kappa shape index (κ2) is 8.34. The fraction of sp³-hybridized carbons (Fsp3) is 0.0909. The predicted octanol–water partition coefficient (Wildman–Crippen LogP) is 3.94. The fourth-order valence-corrected chi connectivity index (χ4v) is 3.65. The third kappa shape index (κ3) is 3.19. The summed E-state index contributed by atoms with van der Waals surface area (Å²) >= 11 is 3.81. The number of carbonyl (C=O) groups excluding carboxylic acids is 1. The van der Waals surface area contributed by atoms with E-state index in [1.807, 2.05) is 12.1 Å². The van der Waals surface area contributed by atoms with Crippen LogP contribution in [0.1, 0.15) is 27.0 Å². The summed E-state index contributed by atoms with van der Waals surface area (Å²) in [4.78, 5) is 12.5. The minimum absolute atomic E-state index is 0.0371. The van der Waals surface area contributed by atoms with E-state index in [4.69, 9.17) is 20.0 Å². The third-order valence-electron chi connectivity index (χ3n) is 4.68. The van der Waals surface area contributed by atoms with E-state index in [9.17, 15) is 15.0 Å². The summed E-state index contributed by atoms with van der Waals surface area (Å²) in [5, 5.41) is 34.0. The molecule has 0 aromatic heterocycles. The van der Waals surface area contributed by atoms with Crippen molar-refractivity contribution in [1.82, 2.24) is 0 Å². The van der Waals surface area contributed by atoms with Gasteiger partial charge in [-0.15, -0.1) is 0 Å². The molecule has 0 fully saturated rings. The molecule has 8 heteroatoms. The molecule has 0 atom stereocenters. The Kier molecular flexibility index (Phi) is 5.84. The molecule has 30 heavy (non-hydrogen) atoms. The van der Waals surface area contributed by atoms with Crippen LogP contribution in [0, 0.1) is 5.41 Å². The van der Waals surface area contributed by atoms with Gasteiger partial charge in [0.05, 0.1) is 10.7 Å². The van der Waals surface area contributed by atoms with Gasteiger partial charge in [0, 0.05) is 35.9 Å². The molecule has 0 radical (unpaired) electrons. The smallest absolute Gasteiger partial charge is 0.340 e. The number of phenols is 2. The second-order valence-electron chi connectivity index (χ2n) is 6.18. The van der Waals surface area contributed by atoms with Gasteiger partial charge in [-0.3, -0.25) is 0 Å². The molecule has 0 unspecified atom stereocenters. The molecular formula is C22H17NO6S. The maximum atomic E-state index is 12.5. The number of hydrogen-bond acceptors (Lipinski definition) is 8. The summed E-state index contributed by atoms with van der Waals surface area (Å²) < 4.78 is 11.8. The first-order valence-corrected chi connectivity index (χ1v) is 9.08. The molecule has 7 nitrogen and oxygen atoms in total. The number of benzene rings is 3. The zero-order valence-electron chi connectivity index (χ0n) is 15.7. The van der Waals surface area contributed by atoms with Crippen LogP contribution in [0.3, 0.4) is 0 Å². The lowest BCUT2D eigenvalue weighted by molar-refractivity contribution is 0.0224. The monoisotopic (exact) mass is 423 g/mol. The Hall–Kier alpha value is -3.71. The van der Waals surface area contributed by atoms with Gasteiger partial charge in [0.15, 0.2) is 5.60 Å². The van der Waals surface area contributed by atoms with E-state index >= 15 is 0 Å². The average molecular weight is 423 g/mol. The number of isothiocyanates is 1. The number of thiocarbonyl (C=S) groups is 1. The van der Waals surface area contributed by atoms with Crippen molar-refractivity contribution in [3.63, 3.8) is 0 Å². The van der Waals surface area contributed by atoms with E-state index in [0.717, 1.165) is 7.11 Å². The summed E-state index contributed by atoms with van der Waals surface area (Å²) in [6.45, 7) is 0. The van der Waals surface area contributed by atoms with Crippen molar-refractivity contribution < 1.29 is 29.6 Å². The summed E-state index contributed by atoms with van der Waals surface area (Å²) in [7, 11) is 1.00. The summed E-state index contributed by atoms with van der Waals surface area (Å²) in [5.41, 5.74) is 1.28. The van der Waals surface area contributed by atoms with Gasteiger partial charge in [0.1, 0.15) is 23.0 Å². The zero-order valence-corrected chi connectivity index (χ0v) is 16.6. The Morgan fingerprint density at radius 3 is 1.93 bits per heavy atom. The van der Waals surface area contributed by atoms with E-state index in [1.165, 1.54) is 24.3 Å². The number of fused-ring (bicyclic) bond motifs is 6. The number of ether oxygens (including phenoxy) is 2. The number of carbonyl (C=O) groups is 1. The highest BCUT2D eigenvalue weighted by atomic mass is 32.1. The van der Waals surface area contributed by atoms with Gasteiger partial charge >= 0.3 is 5.97 Å². The van der Waals surface area contributed by atoms with Gasteiger partial charge in [0.25, 0.3) is 0 Å². The number of rotatable bonds is 0. The van der Waals surface area contributed by atoms with Gasteiger partial charge in [-0.25, -0.2) is 10.2 Å². The molecule has 2 heterocycles. The highest BCUT2D eigenvalue weighted by Gasteiger charge is 2.53. The average Bonchev–Trinajstić information content (AvgIpc) is 3.03. The molecular weight excluding hydrogens is 406 g/mol. The van der Waals surface area contributed by atoms with E-state index < -0.39 is 11.6 Å². The van der Waals surface area contributed by atoms with Crippen molar-refractivity contribution in [1.29, 1.82) is 5.41 Å². The van der Waals surface area contributed by atoms with Crippen LogP contribution in [0.25, 0.3) is 0 Å². The van der Waals surface area contributed by atoms with Crippen molar-refractivity contribution in [3.05, 3.63) is 82.9 Å². The summed E-state index contributed by atoms with van der Waals surface area (Å²) in [5.74, 6) is 0.408. The lowest BCUT2D eigenvalue weighted by Gasteiger charge is -2.36. The first-order valence-electron chi connectivity index (χ1n) is 8.67. The first kappa shape index (κ1) is 21.0. The third-order valence-corrected chi connectivity index (χ3v) is 4.68. The normalized spacial score (nSPS) is 13.6. The molecule has 3 aromatic carbocycles. The van der Waals surface area contributed by atoms with E-state index in [0.29, 0.717) is 33.8 Å². The molecule has 0 saturated heterocycles. The molecule has 5 rings (SSSR count). The Balaban J connectivity index is 0.000000473. The van der Waals surface area contributed by atoms with Crippen molar-refractivity contribution in [3.8, 4) is 23.0 Å². The van der Waals surface area contributed by atoms with E-state index in [1.54, 1.807) is 29.4 Å². The predicted molar refractivity (Wildman–Crippen MR) is 111 cm³/mol. The number of nitrogens with one attached hydrogen (secondary N) is 1. The van der Waals surface area contributed by atoms with Crippen LogP contribution < -0.4 is 4.74 Å². The number of hydrogen-bond donors (Lipinski definition) is 4. The molecule has 2 aliphatic rings. The fourth-order valence-electron chi connectivity index (χ4n) is 3.65. The summed E-state index contributed by atoms with van der Waals surface area (Å²) in [6, 6.07) is 16.6. The minimum atomic E-state index is -1.17. The van der Waals surface area contributed by atoms with Crippen molar-refractivity contribution in [2.75, 3.05) is 7.11 Å². The number of aliphatic hydroxyl groups excluding tert-OH is 1. The van der Waals surface area contributed by atoms with Gasteiger partial charge in [-0.1, -0.05) is 18.2 Å². The number of phenolic OH excluding ortho intramolecular Hbond substituents is 2. The number of aromatic hydroxyl groups is 2. The SMILES string of the molecule is CO.N=C=S.O=C1OC2(c3ccc(O)cc3Oc3cc(O)ccc32)c2ccccc21. The van der Waals surface area contributed by atoms with Crippen LogP contribution in [0.5, 0.6) is 23.0 Å². The molecule has 1 spiro atoms. The number of aliphatic hydroxyl groups is 1. The van der Waals surface area contributed by atoms with Crippen LogP contribution in [-0.2, 0) is 10.3 Å². The summed E-state index contributed by atoms with van der Waals surface area (Å²) in [6.07, 6.45) is 0. The Morgan fingerprint density at radius 2 is 1.40 bits per heavy atom. The van der Waals surface area contributed by atoms with Crippen molar-refractivity contribution in [2.45, 2.75) is 5.60 Å². The first-order chi connectivity index (χ1) is 14.5. The van der Waals surface area contributed by atoms with Crippen molar-refractivity contribution in [2.24, 2.45) is 0 Å². The van der Waals surface area contributed by atoms with Gasteiger partial charge in [-0.2, -0.15) is 0 Å². The molecule has 152 valence electrons. The molecule has 3 aromatic rings. The van der Waals surface area contributed by atoms with Crippen LogP contribution in [0.4, 0.5) is 0 Å². The zero-order chi connectivity index (χ0) is 21.9. The number of esters is 1. The Bertz CT molecular complexity index is 1100. The molecule has 4 N–H and O–H groups in total.